The fraction of sp³-hybridized carbons (Fsp3) is 0.391. The molecule has 28 heavy (non-hydrogen) atoms. The summed E-state index contributed by atoms with van der Waals surface area (Å²) in [6.07, 6.45) is 5.81. The maximum absolute atomic E-state index is 12.4. The van der Waals surface area contributed by atoms with Gasteiger partial charge in [-0.25, -0.2) is 0 Å². The van der Waals surface area contributed by atoms with Gasteiger partial charge >= 0.3 is 0 Å². The quantitative estimate of drug-likeness (QED) is 0.771. The van der Waals surface area contributed by atoms with E-state index >= 15 is 0 Å². The topological polar surface area (TPSA) is 81.4 Å². The lowest BCUT2D eigenvalue weighted by Gasteiger charge is -2.39. The minimum atomic E-state index is -0.488. The Hall–Kier alpha value is -2.82. The van der Waals surface area contributed by atoms with Crippen LogP contribution in [0.25, 0.3) is 0 Å². The van der Waals surface area contributed by atoms with Crippen LogP contribution in [0.5, 0.6) is 5.75 Å². The summed E-state index contributed by atoms with van der Waals surface area (Å²) in [4.78, 5) is 23.5. The molecule has 2 amide bonds. The van der Waals surface area contributed by atoms with Crippen molar-refractivity contribution in [1.29, 1.82) is 0 Å². The van der Waals surface area contributed by atoms with Crippen molar-refractivity contribution < 1.29 is 14.3 Å². The van der Waals surface area contributed by atoms with E-state index in [0.717, 1.165) is 12.8 Å². The summed E-state index contributed by atoms with van der Waals surface area (Å²) < 4.78 is 5.54. The summed E-state index contributed by atoms with van der Waals surface area (Å²) in [5.41, 5.74) is 8.26. The molecule has 2 aromatic rings. The molecule has 0 spiro atoms. The molecule has 3 N–H and O–H groups in total. The molecule has 0 aromatic heterocycles. The lowest BCUT2D eigenvalue weighted by Crippen LogP contribution is -2.44. The van der Waals surface area contributed by atoms with Crippen LogP contribution in [-0.2, 0) is 10.2 Å². The van der Waals surface area contributed by atoms with E-state index in [2.05, 4.69) is 36.5 Å². The van der Waals surface area contributed by atoms with E-state index in [1.54, 1.807) is 24.3 Å². The van der Waals surface area contributed by atoms with Crippen molar-refractivity contribution >= 4 is 11.8 Å². The molecule has 1 saturated carbocycles. The number of hydrogen-bond acceptors (Lipinski definition) is 3. The molecule has 1 fully saturated rings. The molecule has 1 aliphatic rings. The zero-order valence-corrected chi connectivity index (χ0v) is 16.4. The highest BCUT2D eigenvalue weighted by atomic mass is 16.5. The van der Waals surface area contributed by atoms with Crippen molar-refractivity contribution in [3.05, 3.63) is 65.2 Å². The third kappa shape index (κ3) is 4.71. The van der Waals surface area contributed by atoms with Crippen LogP contribution in [-0.4, -0.2) is 25.0 Å². The number of nitrogens with two attached hydrogens (primary N) is 1. The van der Waals surface area contributed by atoms with Crippen LogP contribution in [0.4, 0.5) is 0 Å². The van der Waals surface area contributed by atoms with Crippen LogP contribution in [0.3, 0.4) is 0 Å². The summed E-state index contributed by atoms with van der Waals surface area (Å²) in [5.74, 6) is -0.0952. The normalized spacial score (nSPS) is 15.6. The first kappa shape index (κ1) is 19.9. The second-order valence-corrected chi connectivity index (χ2v) is 7.61. The molecule has 0 saturated heterocycles. The first-order valence-corrected chi connectivity index (χ1v) is 9.86. The van der Waals surface area contributed by atoms with Gasteiger partial charge in [-0.2, -0.15) is 0 Å². The van der Waals surface area contributed by atoms with Gasteiger partial charge in [-0.3, -0.25) is 9.59 Å². The van der Waals surface area contributed by atoms with Gasteiger partial charge in [-0.05, 0) is 55.2 Å². The molecule has 148 valence electrons. The molecule has 2 aromatic carbocycles. The molecule has 1 aliphatic carbocycles. The maximum atomic E-state index is 12.4. The largest absolute Gasteiger partial charge is 0.484 e. The smallest absolute Gasteiger partial charge is 0.257 e. The maximum Gasteiger partial charge on any atom is 0.257 e. The summed E-state index contributed by atoms with van der Waals surface area (Å²) in [7, 11) is 0. The Morgan fingerprint density at radius 1 is 1.04 bits per heavy atom. The van der Waals surface area contributed by atoms with Gasteiger partial charge in [0.2, 0.25) is 5.91 Å². The van der Waals surface area contributed by atoms with Crippen molar-refractivity contribution in [2.75, 3.05) is 13.2 Å². The molecule has 0 bridgehead atoms. The molecule has 0 heterocycles. The predicted molar refractivity (Wildman–Crippen MR) is 109 cm³/mol. The second-order valence-electron chi connectivity index (χ2n) is 7.61. The number of ether oxygens (including phenoxy) is 1. The van der Waals surface area contributed by atoms with Crippen LogP contribution in [0, 0.1) is 6.92 Å². The number of aryl methyl sites for hydroxylation is 1. The van der Waals surface area contributed by atoms with E-state index in [4.69, 9.17) is 10.5 Å². The van der Waals surface area contributed by atoms with Gasteiger partial charge in [0, 0.05) is 17.5 Å². The summed E-state index contributed by atoms with van der Waals surface area (Å²) in [5, 5.41) is 3.08. The molecule has 0 aliphatic heterocycles. The number of amides is 2. The number of primary amides is 1. The number of nitrogens with one attached hydrogen (secondary N) is 1. The summed E-state index contributed by atoms with van der Waals surface area (Å²) >= 11 is 0. The van der Waals surface area contributed by atoms with Crippen LogP contribution < -0.4 is 15.8 Å². The lowest BCUT2D eigenvalue weighted by atomic mass is 9.68. The van der Waals surface area contributed by atoms with Crippen LogP contribution in [0.2, 0.25) is 0 Å². The highest BCUT2D eigenvalue weighted by molar-refractivity contribution is 5.92. The van der Waals surface area contributed by atoms with E-state index in [1.807, 2.05) is 0 Å². The molecule has 5 nitrogen and oxygen atoms in total. The minimum Gasteiger partial charge on any atom is -0.484 e. The summed E-state index contributed by atoms with van der Waals surface area (Å²) in [6, 6.07) is 14.9. The average Bonchev–Trinajstić information content (AvgIpc) is 2.72. The molecule has 0 unspecified atom stereocenters. The molecule has 0 radical (unpaired) electrons. The first-order valence-electron chi connectivity index (χ1n) is 9.86. The highest BCUT2D eigenvalue weighted by Gasteiger charge is 2.35. The monoisotopic (exact) mass is 380 g/mol. The van der Waals surface area contributed by atoms with E-state index < -0.39 is 5.91 Å². The standard InChI is InChI=1S/C23H28N2O3/c1-17-7-3-4-8-20(17)23(13-5-2-6-14-23)16-25-21(26)15-28-19-11-9-18(10-12-19)22(24)27/h3-4,7-12H,2,5-6,13-16H2,1H3,(H2,24,27)(H,25,26). The van der Waals surface area contributed by atoms with Crippen LogP contribution in [0.1, 0.15) is 53.6 Å². The Bertz CT molecular complexity index is 824. The van der Waals surface area contributed by atoms with Crippen molar-refractivity contribution in [2.24, 2.45) is 5.73 Å². The van der Waals surface area contributed by atoms with E-state index in [9.17, 15) is 9.59 Å². The fourth-order valence-corrected chi connectivity index (χ4v) is 4.12. The molecular formula is C23H28N2O3. The van der Waals surface area contributed by atoms with Crippen molar-refractivity contribution in [3.8, 4) is 5.75 Å². The first-order chi connectivity index (χ1) is 13.5. The Balaban J connectivity index is 1.59. The van der Waals surface area contributed by atoms with Crippen molar-refractivity contribution in [3.63, 3.8) is 0 Å². The van der Waals surface area contributed by atoms with Crippen molar-refractivity contribution in [1.82, 2.24) is 5.32 Å². The molecule has 5 heteroatoms. The van der Waals surface area contributed by atoms with E-state index in [1.165, 1.54) is 30.4 Å². The number of carbonyl (C=O) groups excluding carboxylic acids is 2. The molecule has 3 rings (SSSR count). The van der Waals surface area contributed by atoms with Gasteiger partial charge in [0.1, 0.15) is 5.75 Å². The SMILES string of the molecule is Cc1ccccc1C1(CNC(=O)COc2ccc(C(N)=O)cc2)CCCCC1. The third-order valence-corrected chi connectivity index (χ3v) is 5.66. The zero-order chi connectivity index (χ0) is 20.0. The Morgan fingerprint density at radius 2 is 1.71 bits per heavy atom. The fourth-order valence-electron chi connectivity index (χ4n) is 4.12. The second kappa shape index (κ2) is 8.91. The van der Waals surface area contributed by atoms with Crippen LogP contribution in [0.15, 0.2) is 48.5 Å². The van der Waals surface area contributed by atoms with Gasteiger partial charge in [-0.15, -0.1) is 0 Å². The third-order valence-electron chi connectivity index (χ3n) is 5.66. The van der Waals surface area contributed by atoms with E-state index in [0.29, 0.717) is 17.9 Å². The molecular weight excluding hydrogens is 352 g/mol. The minimum absolute atomic E-state index is 0.00237. The average molecular weight is 380 g/mol. The summed E-state index contributed by atoms with van der Waals surface area (Å²) in [6.45, 7) is 2.72. The Kier molecular flexibility index (Phi) is 6.34. The predicted octanol–water partition coefficient (Wildman–Crippen LogP) is 3.49. The van der Waals surface area contributed by atoms with E-state index in [-0.39, 0.29) is 17.9 Å². The Morgan fingerprint density at radius 3 is 2.36 bits per heavy atom. The van der Waals surface area contributed by atoms with Gasteiger partial charge in [0.15, 0.2) is 6.61 Å². The number of rotatable bonds is 7. The Labute approximate surface area is 166 Å². The van der Waals surface area contributed by atoms with Gasteiger partial charge in [0.05, 0.1) is 0 Å². The molecule has 0 atom stereocenters. The lowest BCUT2D eigenvalue weighted by molar-refractivity contribution is -0.123. The van der Waals surface area contributed by atoms with Crippen molar-refractivity contribution in [2.45, 2.75) is 44.4 Å². The van der Waals surface area contributed by atoms with Gasteiger partial charge in [0.25, 0.3) is 5.91 Å². The van der Waals surface area contributed by atoms with Gasteiger partial charge in [-0.1, -0.05) is 43.5 Å². The zero-order valence-electron chi connectivity index (χ0n) is 16.4. The number of carbonyl (C=O) groups is 2. The van der Waals surface area contributed by atoms with Crippen LogP contribution >= 0.6 is 0 Å². The number of hydrogen-bond donors (Lipinski definition) is 2. The van der Waals surface area contributed by atoms with Gasteiger partial charge < -0.3 is 15.8 Å². The number of benzene rings is 2. The highest BCUT2D eigenvalue weighted by Crippen LogP contribution is 2.40.